The first-order chi connectivity index (χ1) is 13.8. The van der Waals surface area contributed by atoms with Gasteiger partial charge in [-0.2, -0.15) is 0 Å². The van der Waals surface area contributed by atoms with Gasteiger partial charge in [0.25, 0.3) is 0 Å². The number of nitrogens with zero attached hydrogens (tertiary/aromatic N) is 1. The Morgan fingerprint density at radius 3 is 2.59 bits per heavy atom. The second kappa shape index (κ2) is 9.11. The van der Waals surface area contributed by atoms with Crippen LogP contribution in [0, 0.1) is 5.41 Å². The van der Waals surface area contributed by atoms with E-state index in [1.54, 1.807) is 32.2 Å². The molecule has 0 saturated carbocycles. The summed E-state index contributed by atoms with van der Waals surface area (Å²) in [6.07, 6.45) is 3.91. The van der Waals surface area contributed by atoms with Crippen LogP contribution in [0.5, 0.6) is 0 Å². The van der Waals surface area contributed by atoms with E-state index in [4.69, 9.17) is 28.6 Å². The van der Waals surface area contributed by atoms with E-state index in [1.807, 2.05) is 24.4 Å². The molecule has 0 aliphatic rings. The van der Waals surface area contributed by atoms with Gasteiger partial charge in [0, 0.05) is 47.2 Å². The van der Waals surface area contributed by atoms with E-state index in [-0.39, 0.29) is 6.03 Å². The molecule has 0 fully saturated rings. The van der Waals surface area contributed by atoms with Gasteiger partial charge < -0.3 is 21.0 Å². The highest BCUT2D eigenvalue weighted by Gasteiger charge is 2.13. The van der Waals surface area contributed by atoms with Crippen molar-refractivity contribution in [2.45, 2.75) is 26.8 Å². The number of hydrogen-bond donors (Lipinski definition) is 4. The Kier molecular flexibility index (Phi) is 6.56. The van der Waals surface area contributed by atoms with Crippen molar-refractivity contribution in [1.82, 2.24) is 20.6 Å². The van der Waals surface area contributed by atoms with Crippen LogP contribution < -0.4 is 10.6 Å². The topological polar surface area (TPSA) is 93.7 Å². The zero-order valence-corrected chi connectivity index (χ0v) is 17.6. The number of amides is 2. The number of urea groups is 1. The fraction of sp³-hybridized carbons (Fsp3) is 0.190. The number of aromatic amines is 1. The molecule has 0 aliphatic heterocycles. The SMILES string of the molecule is CC(=N)/C(Cc1c[nH]c2ncc(Cl)cc12)=C(/C)NC(=O)NCc1ccc(Cl)cc1. The molecule has 0 atom stereocenters. The molecule has 29 heavy (non-hydrogen) atoms. The molecular weight excluding hydrogens is 409 g/mol. The number of carbonyl (C=O) groups is 1. The third-order valence-corrected chi connectivity index (χ3v) is 4.98. The Morgan fingerprint density at radius 2 is 1.90 bits per heavy atom. The molecule has 0 unspecified atom stereocenters. The molecule has 2 heterocycles. The normalized spacial score (nSPS) is 11.9. The van der Waals surface area contributed by atoms with Gasteiger partial charge in [-0.25, -0.2) is 9.78 Å². The van der Waals surface area contributed by atoms with E-state index in [1.165, 1.54) is 0 Å². The molecular formula is C21H21Cl2N5O. The van der Waals surface area contributed by atoms with E-state index in [0.29, 0.717) is 34.4 Å². The zero-order chi connectivity index (χ0) is 21.0. The number of benzene rings is 1. The summed E-state index contributed by atoms with van der Waals surface area (Å²) >= 11 is 11.9. The number of pyridine rings is 1. The molecule has 0 spiro atoms. The number of halogens is 2. The molecule has 2 amide bonds. The summed E-state index contributed by atoms with van der Waals surface area (Å²) < 4.78 is 0. The standard InChI is InChI=1S/C21H21Cl2N5O/c1-12(24)18(7-15-10-25-20-19(15)8-17(23)11-26-20)13(2)28-21(29)27-9-14-3-5-16(22)6-4-14/h3-6,8,10-11,24H,7,9H2,1-2H3,(H,25,26)(H2,27,28,29)/b18-13-,24-12?. The number of nitrogens with one attached hydrogen (secondary N) is 4. The molecule has 0 radical (unpaired) electrons. The molecule has 1 aromatic carbocycles. The summed E-state index contributed by atoms with van der Waals surface area (Å²) in [6.45, 7) is 3.86. The number of rotatable bonds is 6. The van der Waals surface area contributed by atoms with Gasteiger partial charge in [-0.3, -0.25) is 0 Å². The maximum Gasteiger partial charge on any atom is 0.319 e. The average molecular weight is 430 g/mol. The minimum Gasteiger partial charge on any atom is -0.346 e. The average Bonchev–Trinajstić information content (AvgIpc) is 3.07. The fourth-order valence-electron chi connectivity index (χ4n) is 2.99. The van der Waals surface area contributed by atoms with Crippen molar-refractivity contribution in [2.24, 2.45) is 0 Å². The smallest absolute Gasteiger partial charge is 0.319 e. The number of fused-ring (bicyclic) bond motifs is 1. The molecule has 6 nitrogen and oxygen atoms in total. The van der Waals surface area contributed by atoms with Gasteiger partial charge in [0.15, 0.2) is 0 Å². The van der Waals surface area contributed by atoms with Crippen LogP contribution in [0.1, 0.15) is 25.0 Å². The maximum atomic E-state index is 12.3. The van der Waals surface area contributed by atoms with Gasteiger partial charge in [0.05, 0.1) is 5.02 Å². The monoisotopic (exact) mass is 429 g/mol. The Hall–Kier alpha value is -2.83. The van der Waals surface area contributed by atoms with Crippen LogP contribution in [0.4, 0.5) is 4.79 Å². The molecule has 0 aliphatic carbocycles. The van der Waals surface area contributed by atoms with Crippen LogP contribution in [-0.4, -0.2) is 21.7 Å². The van der Waals surface area contributed by atoms with E-state index in [9.17, 15) is 4.79 Å². The second-order valence-electron chi connectivity index (χ2n) is 6.70. The summed E-state index contributed by atoms with van der Waals surface area (Å²) in [5.41, 5.74) is 4.36. The Bertz CT molecular complexity index is 1090. The van der Waals surface area contributed by atoms with Crippen LogP contribution in [0.2, 0.25) is 10.0 Å². The van der Waals surface area contributed by atoms with Gasteiger partial charge in [-0.05, 0) is 48.7 Å². The minimum absolute atomic E-state index is 0.333. The Balaban J connectivity index is 1.72. The van der Waals surface area contributed by atoms with Gasteiger partial charge in [-0.15, -0.1) is 0 Å². The summed E-state index contributed by atoms with van der Waals surface area (Å²) in [4.78, 5) is 19.7. The van der Waals surface area contributed by atoms with Crippen LogP contribution >= 0.6 is 23.2 Å². The molecule has 3 rings (SSSR count). The van der Waals surface area contributed by atoms with E-state index in [2.05, 4.69) is 20.6 Å². The molecule has 2 aromatic heterocycles. The molecule has 0 saturated heterocycles. The van der Waals surface area contributed by atoms with E-state index >= 15 is 0 Å². The lowest BCUT2D eigenvalue weighted by atomic mass is 10.00. The number of hydrogen-bond acceptors (Lipinski definition) is 3. The summed E-state index contributed by atoms with van der Waals surface area (Å²) in [5.74, 6) is 0. The summed E-state index contributed by atoms with van der Waals surface area (Å²) in [7, 11) is 0. The lowest BCUT2D eigenvalue weighted by Gasteiger charge is -2.13. The highest BCUT2D eigenvalue weighted by molar-refractivity contribution is 6.31. The lowest BCUT2D eigenvalue weighted by Crippen LogP contribution is -2.34. The van der Waals surface area contributed by atoms with Crippen molar-refractivity contribution < 1.29 is 4.79 Å². The summed E-state index contributed by atoms with van der Waals surface area (Å²) in [5, 5.41) is 15.9. The van der Waals surface area contributed by atoms with Crippen molar-refractivity contribution in [1.29, 1.82) is 5.41 Å². The van der Waals surface area contributed by atoms with Crippen molar-refractivity contribution in [3.63, 3.8) is 0 Å². The largest absolute Gasteiger partial charge is 0.346 e. The third-order valence-electron chi connectivity index (χ3n) is 4.52. The first kappa shape index (κ1) is 20.9. The number of aromatic nitrogens is 2. The zero-order valence-electron chi connectivity index (χ0n) is 16.1. The van der Waals surface area contributed by atoms with E-state index in [0.717, 1.165) is 27.7 Å². The van der Waals surface area contributed by atoms with Crippen LogP contribution in [0.15, 0.2) is 54.0 Å². The number of H-pyrrole nitrogens is 1. The highest BCUT2D eigenvalue weighted by Crippen LogP contribution is 2.23. The first-order valence-electron chi connectivity index (χ1n) is 8.99. The van der Waals surface area contributed by atoms with Crippen molar-refractivity contribution >= 4 is 46.0 Å². The first-order valence-corrected chi connectivity index (χ1v) is 9.75. The predicted octanol–water partition coefficient (Wildman–Crippen LogP) is 5.23. The third kappa shape index (κ3) is 5.37. The maximum absolute atomic E-state index is 12.3. The number of carbonyl (C=O) groups excluding carboxylic acids is 1. The van der Waals surface area contributed by atoms with Gasteiger partial charge in [-0.1, -0.05) is 35.3 Å². The van der Waals surface area contributed by atoms with Gasteiger partial charge in [0.1, 0.15) is 5.65 Å². The van der Waals surface area contributed by atoms with Crippen LogP contribution in [0.3, 0.4) is 0 Å². The molecule has 8 heteroatoms. The van der Waals surface area contributed by atoms with E-state index < -0.39 is 0 Å². The van der Waals surface area contributed by atoms with Gasteiger partial charge >= 0.3 is 6.03 Å². The van der Waals surface area contributed by atoms with Crippen LogP contribution in [-0.2, 0) is 13.0 Å². The molecule has 0 bridgehead atoms. The van der Waals surface area contributed by atoms with Crippen molar-refractivity contribution in [3.8, 4) is 0 Å². The van der Waals surface area contributed by atoms with Crippen molar-refractivity contribution in [3.05, 3.63) is 75.2 Å². The highest BCUT2D eigenvalue weighted by atomic mass is 35.5. The predicted molar refractivity (Wildman–Crippen MR) is 118 cm³/mol. The van der Waals surface area contributed by atoms with Crippen molar-refractivity contribution in [2.75, 3.05) is 0 Å². The molecule has 3 aromatic rings. The van der Waals surface area contributed by atoms with Gasteiger partial charge in [0.2, 0.25) is 0 Å². The molecule has 4 N–H and O–H groups in total. The molecule has 150 valence electrons. The number of allylic oxidation sites excluding steroid dienone is 2. The quantitative estimate of drug-likeness (QED) is 0.404. The minimum atomic E-state index is -0.333. The van der Waals surface area contributed by atoms with Crippen LogP contribution in [0.25, 0.3) is 11.0 Å². The Labute approximate surface area is 178 Å². The fourth-order valence-corrected chi connectivity index (χ4v) is 3.27. The lowest BCUT2D eigenvalue weighted by molar-refractivity contribution is 0.243. The summed E-state index contributed by atoms with van der Waals surface area (Å²) in [6, 6.07) is 8.78. The Morgan fingerprint density at radius 1 is 1.17 bits per heavy atom. The second-order valence-corrected chi connectivity index (χ2v) is 7.58.